The van der Waals surface area contributed by atoms with E-state index in [0.29, 0.717) is 19.6 Å². The van der Waals surface area contributed by atoms with Gasteiger partial charge in [-0.05, 0) is 38.1 Å². The molecule has 2 rings (SSSR count). The topological polar surface area (TPSA) is 102 Å². The Hall–Kier alpha value is -1.17. The average molecular weight is 314 g/mol. The van der Waals surface area contributed by atoms with E-state index in [0.717, 1.165) is 32.2 Å². The molecule has 0 aromatic carbocycles. The lowest BCUT2D eigenvalue weighted by Crippen LogP contribution is -2.47. The first-order valence-corrected chi connectivity index (χ1v) is 8.99. The second-order valence-electron chi connectivity index (χ2n) is 5.67. The summed E-state index contributed by atoms with van der Waals surface area (Å²) in [5.74, 6) is -0.347. The maximum Gasteiger partial charge on any atom is 0.237 e. The largest absolute Gasteiger partial charge is 0.354 e. The molecule has 7 nitrogen and oxygen atoms in total. The first-order valence-electron chi connectivity index (χ1n) is 7.39. The number of sulfonamides is 1. The normalized spacial score (nSPS) is 27.2. The minimum absolute atomic E-state index is 0.00417. The third-order valence-electron chi connectivity index (χ3n) is 4.06. The van der Waals surface area contributed by atoms with E-state index in [9.17, 15) is 13.2 Å². The fraction of sp³-hybridized carbons (Fsp3) is 0.846. The molecule has 1 amide bonds. The van der Waals surface area contributed by atoms with Crippen LogP contribution in [0.5, 0.6) is 0 Å². The van der Waals surface area contributed by atoms with Gasteiger partial charge in [-0.25, -0.2) is 12.7 Å². The van der Waals surface area contributed by atoms with Crippen LogP contribution in [0.1, 0.15) is 25.7 Å². The van der Waals surface area contributed by atoms with E-state index in [2.05, 4.69) is 10.6 Å². The molecule has 2 heterocycles. The van der Waals surface area contributed by atoms with Crippen molar-refractivity contribution >= 4 is 15.9 Å². The molecule has 21 heavy (non-hydrogen) atoms. The quantitative estimate of drug-likeness (QED) is 0.707. The fourth-order valence-electron chi connectivity index (χ4n) is 2.90. The van der Waals surface area contributed by atoms with Crippen molar-refractivity contribution in [3.05, 3.63) is 0 Å². The summed E-state index contributed by atoms with van der Waals surface area (Å²) in [5.41, 5.74) is 0. The van der Waals surface area contributed by atoms with Crippen molar-refractivity contribution in [2.45, 2.75) is 31.7 Å². The van der Waals surface area contributed by atoms with Gasteiger partial charge in [0.15, 0.2) is 5.75 Å². The molecule has 2 saturated heterocycles. The molecule has 2 N–H and O–H groups in total. The minimum Gasteiger partial charge on any atom is -0.354 e. The van der Waals surface area contributed by atoms with Gasteiger partial charge >= 0.3 is 0 Å². The van der Waals surface area contributed by atoms with Gasteiger partial charge < -0.3 is 10.6 Å². The molecule has 2 aliphatic heterocycles. The van der Waals surface area contributed by atoms with Gasteiger partial charge in [-0.1, -0.05) is 0 Å². The number of carbonyl (C=O) groups is 1. The fourth-order valence-corrected chi connectivity index (χ4v) is 4.09. The Balaban J connectivity index is 1.81. The van der Waals surface area contributed by atoms with E-state index in [4.69, 9.17) is 5.26 Å². The van der Waals surface area contributed by atoms with E-state index >= 15 is 0 Å². The third kappa shape index (κ3) is 4.40. The average Bonchev–Trinajstić information content (AvgIpc) is 2.99. The number of rotatable bonds is 5. The molecule has 2 aliphatic rings. The predicted octanol–water partition coefficient (Wildman–Crippen LogP) is -0.580. The van der Waals surface area contributed by atoms with Crippen LogP contribution in [0.25, 0.3) is 0 Å². The number of carbonyl (C=O) groups excluding carboxylic acids is 1. The Labute approximate surface area is 125 Å². The molecular formula is C13H22N4O3S. The molecule has 0 aliphatic carbocycles. The van der Waals surface area contributed by atoms with Gasteiger partial charge in [0.25, 0.3) is 0 Å². The molecule has 2 unspecified atom stereocenters. The predicted molar refractivity (Wildman–Crippen MR) is 77.7 cm³/mol. The smallest absolute Gasteiger partial charge is 0.237 e. The van der Waals surface area contributed by atoms with Crippen molar-refractivity contribution in [1.82, 2.24) is 14.9 Å². The van der Waals surface area contributed by atoms with Crippen molar-refractivity contribution in [1.29, 1.82) is 5.26 Å². The van der Waals surface area contributed by atoms with Crippen LogP contribution >= 0.6 is 0 Å². The molecule has 0 aromatic heterocycles. The van der Waals surface area contributed by atoms with Crippen LogP contribution in [0.4, 0.5) is 0 Å². The summed E-state index contributed by atoms with van der Waals surface area (Å²) in [7, 11) is -3.47. The molecule has 2 fully saturated rings. The van der Waals surface area contributed by atoms with Crippen molar-refractivity contribution in [2.24, 2.45) is 5.92 Å². The summed E-state index contributed by atoms with van der Waals surface area (Å²) in [6.07, 6.45) is 3.55. The molecule has 0 bridgehead atoms. The van der Waals surface area contributed by atoms with Gasteiger partial charge in [0.2, 0.25) is 15.9 Å². The highest BCUT2D eigenvalue weighted by Gasteiger charge is 2.29. The molecule has 0 radical (unpaired) electrons. The van der Waals surface area contributed by atoms with Crippen LogP contribution in [-0.4, -0.2) is 56.6 Å². The van der Waals surface area contributed by atoms with Crippen LogP contribution in [0.3, 0.4) is 0 Å². The first-order chi connectivity index (χ1) is 10.0. The van der Waals surface area contributed by atoms with Crippen LogP contribution in [-0.2, 0) is 14.8 Å². The van der Waals surface area contributed by atoms with E-state index < -0.39 is 15.8 Å². The Morgan fingerprint density at radius 2 is 2.19 bits per heavy atom. The van der Waals surface area contributed by atoms with Gasteiger partial charge in [0, 0.05) is 19.6 Å². The maximum absolute atomic E-state index is 11.9. The third-order valence-corrected chi connectivity index (χ3v) is 5.68. The number of nitrogens with zero attached hydrogens (tertiary/aromatic N) is 2. The highest BCUT2D eigenvalue weighted by molar-refractivity contribution is 7.89. The Kier molecular flexibility index (Phi) is 5.56. The lowest BCUT2D eigenvalue weighted by atomic mass is 9.99. The standard InChI is InChI=1S/C13H22N4O3S/c14-5-8-21(19,20)17-7-2-3-11(10-17)9-16-13(18)12-4-1-6-15-12/h11-12,15H,1-4,6-10H2,(H,16,18). The molecule has 2 atom stereocenters. The molecule has 8 heteroatoms. The Bertz CT molecular complexity index is 508. The zero-order chi connectivity index (χ0) is 15.3. The Morgan fingerprint density at radius 1 is 1.38 bits per heavy atom. The van der Waals surface area contributed by atoms with Gasteiger partial charge in [-0.15, -0.1) is 0 Å². The zero-order valence-electron chi connectivity index (χ0n) is 12.0. The van der Waals surface area contributed by atoms with Crippen LogP contribution < -0.4 is 10.6 Å². The molecule has 0 spiro atoms. The SMILES string of the molecule is N#CCS(=O)(=O)N1CCCC(CNC(=O)C2CCCN2)C1. The number of nitrogens with one attached hydrogen (secondary N) is 2. The molecule has 0 aromatic rings. The number of amides is 1. The number of hydrogen-bond donors (Lipinski definition) is 2. The monoisotopic (exact) mass is 314 g/mol. The van der Waals surface area contributed by atoms with Crippen molar-refractivity contribution in [3.63, 3.8) is 0 Å². The lowest BCUT2D eigenvalue weighted by Gasteiger charge is -2.31. The molecule has 0 saturated carbocycles. The summed E-state index contributed by atoms with van der Waals surface area (Å²) < 4.78 is 25.1. The number of piperidine rings is 1. The number of nitriles is 1. The summed E-state index contributed by atoms with van der Waals surface area (Å²) in [4.78, 5) is 11.9. The van der Waals surface area contributed by atoms with Crippen LogP contribution in [0.15, 0.2) is 0 Å². The van der Waals surface area contributed by atoms with E-state index in [1.54, 1.807) is 6.07 Å². The first kappa shape index (κ1) is 16.2. The van der Waals surface area contributed by atoms with Crippen LogP contribution in [0.2, 0.25) is 0 Å². The Morgan fingerprint density at radius 3 is 2.86 bits per heavy atom. The molecular weight excluding hydrogens is 292 g/mol. The zero-order valence-corrected chi connectivity index (χ0v) is 12.9. The van der Waals surface area contributed by atoms with Crippen molar-refractivity contribution in [3.8, 4) is 6.07 Å². The summed E-state index contributed by atoms with van der Waals surface area (Å²) >= 11 is 0. The highest BCUT2D eigenvalue weighted by Crippen LogP contribution is 2.19. The van der Waals surface area contributed by atoms with E-state index in [1.807, 2.05) is 0 Å². The summed E-state index contributed by atoms with van der Waals surface area (Å²) in [6, 6.07) is 1.60. The second-order valence-corrected chi connectivity index (χ2v) is 7.64. The van der Waals surface area contributed by atoms with E-state index in [-0.39, 0.29) is 17.9 Å². The lowest BCUT2D eigenvalue weighted by molar-refractivity contribution is -0.123. The molecule has 118 valence electrons. The summed E-state index contributed by atoms with van der Waals surface area (Å²) in [6.45, 7) is 2.23. The highest BCUT2D eigenvalue weighted by atomic mass is 32.2. The van der Waals surface area contributed by atoms with Gasteiger partial charge in [0.1, 0.15) is 0 Å². The minimum atomic E-state index is -3.47. The maximum atomic E-state index is 11.9. The van der Waals surface area contributed by atoms with Crippen molar-refractivity contribution in [2.75, 3.05) is 31.9 Å². The summed E-state index contributed by atoms with van der Waals surface area (Å²) in [5, 5.41) is 14.6. The van der Waals surface area contributed by atoms with Crippen LogP contribution in [0, 0.1) is 17.2 Å². The number of hydrogen-bond acceptors (Lipinski definition) is 5. The van der Waals surface area contributed by atoms with Gasteiger partial charge in [-0.3, -0.25) is 4.79 Å². The second kappa shape index (κ2) is 7.20. The van der Waals surface area contributed by atoms with Gasteiger partial charge in [-0.2, -0.15) is 5.26 Å². The van der Waals surface area contributed by atoms with E-state index in [1.165, 1.54) is 4.31 Å². The van der Waals surface area contributed by atoms with Gasteiger partial charge in [0.05, 0.1) is 12.1 Å². The van der Waals surface area contributed by atoms with Crippen molar-refractivity contribution < 1.29 is 13.2 Å².